The van der Waals surface area contributed by atoms with Gasteiger partial charge in [-0.15, -0.1) is 0 Å². The van der Waals surface area contributed by atoms with Crippen LogP contribution in [-0.4, -0.2) is 35.7 Å². The normalized spacial score (nSPS) is 10.8. The Kier molecular flexibility index (Phi) is 6.66. The molecule has 0 saturated carbocycles. The molecule has 0 heterocycles. The van der Waals surface area contributed by atoms with E-state index in [2.05, 4.69) is 10.0 Å². The highest BCUT2D eigenvalue weighted by Gasteiger charge is 2.18. The van der Waals surface area contributed by atoms with Crippen LogP contribution in [0.4, 0.5) is 11.4 Å². The van der Waals surface area contributed by atoms with Crippen LogP contribution >= 0.6 is 0 Å². The molecule has 0 radical (unpaired) electrons. The Morgan fingerprint density at radius 3 is 2.00 bits per heavy atom. The molecule has 0 aliphatic carbocycles. The lowest BCUT2D eigenvalue weighted by Gasteiger charge is -2.13. The number of ether oxygens (including phenoxy) is 3. The molecule has 0 fully saturated rings. The first kappa shape index (κ1) is 22.0. The molecule has 9 heteroatoms. The van der Waals surface area contributed by atoms with E-state index in [1.807, 2.05) is 0 Å². The van der Waals surface area contributed by atoms with Gasteiger partial charge in [-0.1, -0.05) is 6.07 Å². The van der Waals surface area contributed by atoms with Crippen molar-refractivity contribution in [2.24, 2.45) is 0 Å². The lowest BCUT2D eigenvalue weighted by Crippen LogP contribution is -2.15. The fraction of sp³-hybridized carbons (Fsp3) is 0.136. The standard InChI is InChI=1S/C22H22N2O6S/c1-28-17-11-7-16(8-12-17)24-31(26,27)18-13-9-15(10-14-18)23-22(25)19-5-4-6-20(29-2)21(19)30-3/h4-14,24H,1-3H3,(H,23,25). The number of methoxy groups -OCH3 is 3. The molecule has 0 aliphatic rings. The van der Waals surface area contributed by atoms with Crippen LogP contribution < -0.4 is 24.2 Å². The number of rotatable bonds is 8. The van der Waals surface area contributed by atoms with E-state index >= 15 is 0 Å². The lowest BCUT2D eigenvalue weighted by molar-refractivity contribution is 0.102. The summed E-state index contributed by atoms with van der Waals surface area (Å²) in [6.45, 7) is 0. The summed E-state index contributed by atoms with van der Waals surface area (Å²) in [5, 5.41) is 2.72. The van der Waals surface area contributed by atoms with Crippen molar-refractivity contribution in [3.05, 3.63) is 72.3 Å². The Labute approximate surface area is 180 Å². The maximum Gasteiger partial charge on any atom is 0.261 e. The van der Waals surface area contributed by atoms with Crippen LogP contribution in [0.25, 0.3) is 0 Å². The van der Waals surface area contributed by atoms with Gasteiger partial charge in [0, 0.05) is 11.4 Å². The maximum atomic E-state index is 12.6. The highest BCUT2D eigenvalue weighted by atomic mass is 32.2. The zero-order valence-corrected chi connectivity index (χ0v) is 18.0. The number of nitrogens with one attached hydrogen (secondary N) is 2. The minimum atomic E-state index is -3.79. The van der Waals surface area contributed by atoms with Crippen LogP contribution in [-0.2, 0) is 10.0 Å². The Bertz CT molecular complexity index is 1160. The second-order valence-electron chi connectivity index (χ2n) is 6.35. The van der Waals surface area contributed by atoms with E-state index in [1.165, 1.54) is 45.6 Å². The summed E-state index contributed by atoms with van der Waals surface area (Å²) < 4.78 is 43.3. The minimum Gasteiger partial charge on any atom is -0.497 e. The summed E-state index contributed by atoms with van der Waals surface area (Å²) in [5.74, 6) is 0.949. The number of carbonyl (C=O) groups excluding carboxylic acids is 1. The predicted octanol–water partition coefficient (Wildman–Crippen LogP) is 3.77. The monoisotopic (exact) mass is 442 g/mol. The van der Waals surface area contributed by atoms with Gasteiger partial charge < -0.3 is 19.5 Å². The van der Waals surface area contributed by atoms with Crippen LogP contribution in [0.15, 0.2) is 71.6 Å². The van der Waals surface area contributed by atoms with Crippen molar-refractivity contribution >= 4 is 27.3 Å². The molecule has 0 bridgehead atoms. The zero-order valence-electron chi connectivity index (χ0n) is 17.2. The Morgan fingerprint density at radius 1 is 0.774 bits per heavy atom. The number of carbonyl (C=O) groups is 1. The lowest BCUT2D eigenvalue weighted by atomic mass is 10.1. The van der Waals surface area contributed by atoms with Crippen molar-refractivity contribution in [3.63, 3.8) is 0 Å². The van der Waals surface area contributed by atoms with Gasteiger partial charge in [-0.3, -0.25) is 9.52 Å². The van der Waals surface area contributed by atoms with Gasteiger partial charge in [-0.25, -0.2) is 8.42 Å². The number of para-hydroxylation sites is 1. The molecule has 0 saturated heterocycles. The first-order chi connectivity index (χ1) is 14.9. The molecule has 31 heavy (non-hydrogen) atoms. The number of anilines is 2. The van der Waals surface area contributed by atoms with Gasteiger partial charge in [0.15, 0.2) is 11.5 Å². The third kappa shape index (κ3) is 5.07. The van der Waals surface area contributed by atoms with Gasteiger partial charge in [-0.05, 0) is 60.7 Å². The molecular formula is C22H22N2O6S. The molecule has 0 spiro atoms. The van der Waals surface area contributed by atoms with Gasteiger partial charge in [0.25, 0.3) is 15.9 Å². The zero-order chi connectivity index (χ0) is 22.4. The molecule has 3 aromatic rings. The van der Waals surface area contributed by atoms with Gasteiger partial charge >= 0.3 is 0 Å². The quantitative estimate of drug-likeness (QED) is 0.551. The molecule has 8 nitrogen and oxygen atoms in total. The molecule has 0 atom stereocenters. The average Bonchev–Trinajstić information content (AvgIpc) is 2.79. The summed E-state index contributed by atoms with van der Waals surface area (Å²) in [4.78, 5) is 12.7. The molecule has 2 N–H and O–H groups in total. The van der Waals surface area contributed by atoms with Gasteiger partial charge in [0.1, 0.15) is 5.75 Å². The molecule has 0 aliphatic heterocycles. The summed E-state index contributed by atoms with van der Waals surface area (Å²) >= 11 is 0. The third-order valence-electron chi connectivity index (χ3n) is 4.41. The van der Waals surface area contributed by atoms with E-state index in [0.717, 1.165) is 0 Å². The number of benzene rings is 3. The fourth-order valence-electron chi connectivity index (χ4n) is 2.85. The van der Waals surface area contributed by atoms with Crippen molar-refractivity contribution in [2.45, 2.75) is 4.90 Å². The topological polar surface area (TPSA) is 103 Å². The second-order valence-corrected chi connectivity index (χ2v) is 8.04. The van der Waals surface area contributed by atoms with Crippen LogP contribution in [0.5, 0.6) is 17.2 Å². The van der Waals surface area contributed by atoms with E-state index < -0.39 is 15.9 Å². The first-order valence-corrected chi connectivity index (χ1v) is 10.7. The van der Waals surface area contributed by atoms with Crippen LogP contribution in [0.2, 0.25) is 0 Å². The summed E-state index contributed by atoms with van der Waals surface area (Å²) in [6, 6.07) is 17.3. The fourth-order valence-corrected chi connectivity index (χ4v) is 3.91. The number of amides is 1. The minimum absolute atomic E-state index is 0.0558. The molecule has 162 valence electrons. The predicted molar refractivity (Wildman–Crippen MR) is 118 cm³/mol. The number of sulfonamides is 1. The smallest absolute Gasteiger partial charge is 0.261 e. The van der Waals surface area contributed by atoms with Gasteiger partial charge in [0.2, 0.25) is 0 Å². The van der Waals surface area contributed by atoms with E-state index in [1.54, 1.807) is 42.5 Å². The summed E-state index contributed by atoms with van der Waals surface area (Å²) in [6.07, 6.45) is 0. The highest BCUT2D eigenvalue weighted by molar-refractivity contribution is 7.92. The van der Waals surface area contributed by atoms with E-state index in [-0.39, 0.29) is 4.90 Å². The largest absolute Gasteiger partial charge is 0.497 e. The average molecular weight is 442 g/mol. The summed E-state index contributed by atoms with van der Waals surface area (Å²) in [7, 11) is 0.675. The first-order valence-electron chi connectivity index (χ1n) is 9.17. The third-order valence-corrected chi connectivity index (χ3v) is 5.81. The highest BCUT2D eigenvalue weighted by Crippen LogP contribution is 2.31. The Balaban J connectivity index is 1.74. The van der Waals surface area contributed by atoms with Crippen molar-refractivity contribution in [1.29, 1.82) is 0 Å². The van der Waals surface area contributed by atoms with Crippen molar-refractivity contribution in [2.75, 3.05) is 31.4 Å². The van der Waals surface area contributed by atoms with E-state index in [4.69, 9.17) is 14.2 Å². The van der Waals surface area contributed by atoms with Crippen LogP contribution in [0.3, 0.4) is 0 Å². The maximum absolute atomic E-state index is 12.6. The molecule has 0 unspecified atom stereocenters. The number of hydrogen-bond acceptors (Lipinski definition) is 6. The Morgan fingerprint density at radius 2 is 1.42 bits per heavy atom. The molecule has 0 aromatic heterocycles. The summed E-state index contributed by atoms with van der Waals surface area (Å²) in [5.41, 5.74) is 1.13. The van der Waals surface area contributed by atoms with Crippen molar-refractivity contribution in [1.82, 2.24) is 0 Å². The van der Waals surface area contributed by atoms with Gasteiger partial charge in [-0.2, -0.15) is 0 Å². The van der Waals surface area contributed by atoms with Crippen LogP contribution in [0, 0.1) is 0 Å². The molecular weight excluding hydrogens is 420 g/mol. The SMILES string of the molecule is COc1ccc(NS(=O)(=O)c2ccc(NC(=O)c3cccc(OC)c3OC)cc2)cc1. The molecule has 1 amide bonds. The van der Waals surface area contributed by atoms with Crippen LogP contribution in [0.1, 0.15) is 10.4 Å². The van der Waals surface area contributed by atoms with E-state index in [0.29, 0.717) is 34.2 Å². The second kappa shape index (κ2) is 9.40. The molecule has 3 aromatic carbocycles. The van der Waals surface area contributed by atoms with Crippen molar-refractivity contribution < 1.29 is 27.4 Å². The van der Waals surface area contributed by atoms with E-state index in [9.17, 15) is 13.2 Å². The Hall–Kier alpha value is -3.72. The molecule has 3 rings (SSSR count). The number of hydrogen-bond donors (Lipinski definition) is 2. The van der Waals surface area contributed by atoms with Crippen molar-refractivity contribution in [3.8, 4) is 17.2 Å². The van der Waals surface area contributed by atoms with Gasteiger partial charge in [0.05, 0.1) is 31.8 Å².